The lowest BCUT2D eigenvalue weighted by molar-refractivity contribution is -0.152. The van der Waals surface area contributed by atoms with Crippen LogP contribution in [-0.2, 0) is 14.3 Å². The maximum Gasteiger partial charge on any atom is 0.412 e. The molecule has 0 aliphatic carbocycles. The van der Waals surface area contributed by atoms with E-state index in [1.54, 1.807) is 12.1 Å². The van der Waals surface area contributed by atoms with Crippen molar-refractivity contribution in [2.24, 2.45) is 0 Å². The van der Waals surface area contributed by atoms with Gasteiger partial charge in [0.1, 0.15) is 6.10 Å². The number of nitrogens with one attached hydrogen (secondary N) is 1. The van der Waals surface area contributed by atoms with Crippen LogP contribution in [0.2, 0.25) is 0 Å². The minimum atomic E-state index is -1.35. The van der Waals surface area contributed by atoms with E-state index in [4.69, 9.17) is 9.47 Å². The molecule has 1 amide bonds. The molecule has 2 N–H and O–H groups in total. The zero-order valence-corrected chi connectivity index (χ0v) is 21.0. The van der Waals surface area contributed by atoms with Gasteiger partial charge in [0.2, 0.25) is 6.29 Å². The van der Waals surface area contributed by atoms with Gasteiger partial charge in [-0.25, -0.2) is 9.59 Å². The van der Waals surface area contributed by atoms with Crippen LogP contribution < -0.4 is 5.32 Å². The predicted molar refractivity (Wildman–Crippen MR) is 135 cm³/mol. The molecule has 1 heterocycles. The highest BCUT2D eigenvalue weighted by molar-refractivity contribution is 5.92. The van der Waals surface area contributed by atoms with Gasteiger partial charge in [0.15, 0.2) is 0 Å². The van der Waals surface area contributed by atoms with Gasteiger partial charge in [0.25, 0.3) is 0 Å². The number of carbonyl (C=O) groups is 2. The van der Waals surface area contributed by atoms with E-state index in [0.29, 0.717) is 29.7 Å². The summed E-state index contributed by atoms with van der Waals surface area (Å²) in [6.07, 6.45) is 12.2. The summed E-state index contributed by atoms with van der Waals surface area (Å²) in [4.78, 5) is 24.9. The number of anilines is 1. The second-order valence-electron chi connectivity index (χ2n) is 9.15. The molecule has 34 heavy (non-hydrogen) atoms. The van der Waals surface area contributed by atoms with Gasteiger partial charge in [-0.05, 0) is 37.8 Å². The number of benzene rings is 1. The van der Waals surface area contributed by atoms with Crippen LogP contribution in [0.15, 0.2) is 41.5 Å². The van der Waals surface area contributed by atoms with Crippen LogP contribution in [0.5, 0.6) is 0 Å². The number of hydrogen-bond donors (Lipinski definition) is 2. The SMILES string of the molecule is CCCCCCCCCCCCC(OC(=O)Nc1ccccc1)C1=C(CCCC)C(=O)OC1O. The largest absolute Gasteiger partial charge is 0.441 e. The Morgan fingerprint density at radius 3 is 2.15 bits per heavy atom. The molecule has 6 heteroatoms. The second kappa shape index (κ2) is 16.3. The Bertz CT molecular complexity index is 761. The molecule has 0 radical (unpaired) electrons. The Hall–Kier alpha value is -2.34. The number of rotatable bonds is 17. The van der Waals surface area contributed by atoms with Gasteiger partial charge in [-0.1, -0.05) is 96.3 Å². The van der Waals surface area contributed by atoms with E-state index in [1.165, 1.54) is 44.9 Å². The lowest BCUT2D eigenvalue weighted by Gasteiger charge is -2.22. The number of hydrogen-bond acceptors (Lipinski definition) is 5. The first-order valence-corrected chi connectivity index (χ1v) is 13.2. The van der Waals surface area contributed by atoms with Crippen LogP contribution in [0.4, 0.5) is 10.5 Å². The maximum atomic E-state index is 12.6. The number of aliphatic hydroxyl groups is 1. The van der Waals surface area contributed by atoms with Crippen molar-refractivity contribution < 1.29 is 24.2 Å². The molecule has 1 aromatic rings. The van der Waals surface area contributed by atoms with Gasteiger partial charge < -0.3 is 14.6 Å². The smallest absolute Gasteiger partial charge is 0.412 e. The third-order valence-electron chi connectivity index (χ3n) is 6.30. The Labute approximate surface area is 205 Å². The van der Waals surface area contributed by atoms with Crippen LogP contribution in [0.1, 0.15) is 104 Å². The second-order valence-corrected chi connectivity index (χ2v) is 9.15. The number of ether oxygens (including phenoxy) is 2. The van der Waals surface area contributed by atoms with Gasteiger partial charge in [-0.2, -0.15) is 0 Å². The van der Waals surface area contributed by atoms with Crippen molar-refractivity contribution in [3.8, 4) is 0 Å². The molecule has 0 aromatic heterocycles. The molecule has 6 nitrogen and oxygen atoms in total. The van der Waals surface area contributed by atoms with Crippen LogP contribution in [-0.4, -0.2) is 29.6 Å². The van der Waals surface area contributed by atoms with Crippen LogP contribution in [0.3, 0.4) is 0 Å². The molecule has 1 aliphatic rings. The summed E-state index contributed by atoms with van der Waals surface area (Å²) in [5, 5.41) is 13.2. The molecule has 0 saturated heterocycles. The van der Waals surface area contributed by atoms with Crippen molar-refractivity contribution in [1.29, 1.82) is 0 Å². The predicted octanol–water partition coefficient (Wildman–Crippen LogP) is 7.28. The molecule has 1 aromatic carbocycles. The first-order valence-electron chi connectivity index (χ1n) is 13.2. The number of esters is 1. The van der Waals surface area contributed by atoms with Crippen molar-refractivity contribution >= 4 is 17.7 Å². The molecule has 2 unspecified atom stereocenters. The van der Waals surface area contributed by atoms with Crippen molar-refractivity contribution in [2.45, 2.75) is 116 Å². The lowest BCUT2D eigenvalue weighted by atomic mass is 9.95. The number of cyclic esters (lactones) is 1. The van der Waals surface area contributed by atoms with Gasteiger partial charge in [0.05, 0.1) is 0 Å². The van der Waals surface area contributed by atoms with Gasteiger partial charge in [-0.15, -0.1) is 0 Å². The zero-order chi connectivity index (χ0) is 24.6. The summed E-state index contributed by atoms with van der Waals surface area (Å²) in [7, 11) is 0. The molecule has 0 spiro atoms. The van der Waals surface area contributed by atoms with E-state index in [2.05, 4.69) is 12.2 Å². The van der Waals surface area contributed by atoms with Gasteiger partial charge in [0, 0.05) is 16.8 Å². The van der Waals surface area contributed by atoms with Crippen LogP contribution in [0, 0.1) is 0 Å². The van der Waals surface area contributed by atoms with Crippen molar-refractivity contribution in [3.05, 3.63) is 41.5 Å². The highest BCUT2D eigenvalue weighted by Gasteiger charge is 2.38. The fourth-order valence-electron chi connectivity index (χ4n) is 4.35. The lowest BCUT2D eigenvalue weighted by Crippen LogP contribution is -2.29. The van der Waals surface area contributed by atoms with E-state index < -0.39 is 24.5 Å². The summed E-state index contributed by atoms with van der Waals surface area (Å²) in [5.74, 6) is -0.504. The maximum absolute atomic E-state index is 12.6. The Morgan fingerprint density at radius 2 is 1.53 bits per heavy atom. The summed E-state index contributed by atoms with van der Waals surface area (Å²) in [5.41, 5.74) is 1.50. The van der Waals surface area contributed by atoms with Crippen molar-refractivity contribution in [1.82, 2.24) is 0 Å². The zero-order valence-electron chi connectivity index (χ0n) is 21.0. The molecular weight excluding hydrogens is 430 g/mol. The number of amides is 1. The fourth-order valence-corrected chi connectivity index (χ4v) is 4.35. The number of carbonyl (C=O) groups excluding carboxylic acids is 2. The van der Waals surface area contributed by atoms with Gasteiger partial charge in [-0.3, -0.25) is 5.32 Å². The molecular formula is C28H43NO5. The molecule has 0 bridgehead atoms. The van der Waals surface area contributed by atoms with Crippen LogP contribution >= 0.6 is 0 Å². The molecule has 190 valence electrons. The minimum Gasteiger partial charge on any atom is -0.441 e. The highest BCUT2D eigenvalue weighted by Crippen LogP contribution is 2.32. The Kier molecular flexibility index (Phi) is 13.4. The van der Waals surface area contributed by atoms with Crippen molar-refractivity contribution in [3.63, 3.8) is 0 Å². The van der Waals surface area contributed by atoms with E-state index in [-0.39, 0.29) is 0 Å². The molecule has 2 atom stereocenters. The third-order valence-corrected chi connectivity index (χ3v) is 6.30. The van der Waals surface area contributed by atoms with Crippen LogP contribution in [0.25, 0.3) is 0 Å². The van der Waals surface area contributed by atoms with E-state index in [1.807, 2.05) is 25.1 Å². The number of para-hydroxylation sites is 1. The summed E-state index contributed by atoms with van der Waals surface area (Å²) >= 11 is 0. The fraction of sp³-hybridized carbons (Fsp3) is 0.643. The molecule has 0 fully saturated rings. The standard InChI is InChI=1S/C28H43NO5/c1-3-5-7-8-9-10-11-12-13-17-21-24(33-28(32)29-22-18-15-14-16-19-22)25-23(20-6-4-2)26(30)34-27(25)31/h14-16,18-19,24,27,31H,3-13,17,20-21H2,1-2H3,(H,29,32). The molecule has 2 rings (SSSR count). The quantitative estimate of drug-likeness (QED) is 0.183. The Balaban J connectivity index is 1.93. The summed E-state index contributed by atoms with van der Waals surface area (Å²) < 4.78 is 10.8. The van der Waals surface area contributed by atoms with E-state index in [0.717, 1.165) is 32.1 Å². The Morgan fingerprint density at radius 1 is 0.941 bits per heavy atom. The minimum absolute atomic E-state index is 0.414. The highest BCUT2D eigenvalue weighted by atomic mass is 16.6. The van der Waals surface area contributed by atoms with Crippen molar-refractivity contribution in [2.75, 3.05) is 5.32 Å². The van der Waals surface area contributed by atoms with Gasteiger partial charge >= 0.3 is 12.1 Å². The number of unbranched alkanes of at least 4 members (excludes halogenated alkanes) is 10. The third kappa shape index (κ3) is 9.88. The van der Waals surface area contributed by atoms with E-state index in [9.17, 15) is 14.7 Å². The first-order chi connectivity index (χ1) is 16.6. The summed E-state index contributed by atoms with van der Waals surface area (Å²) in [6.45, 7) is 4.28. The summed E-state index contributed by atoms with van der Waals surface area (Å²) in [6, 6.07) is 9.08. The average molecular weight is 474 g/mol. The van der Waals surface area contributed by atoms with E-state index >= 15 is 0 Å². The normalized spacial score (nSPS) is 16.4. The average Bonchev–Trinajstić information content (AvgIpc) is 3.11. The monoisotopic (exact) mass is 473 g/mol. The number of aliphatic hydroxyl groups excluding tert-OH is 1. The molecule has 1 aliphatic heterocycles. The first kappa shape index (κ1) is 27.9. The topological polar surface area (TPSA) is 84.9 Å². The molecule has 0 saturated carbocycles.